The van der Waals surface area contributed by atoms with Gasteiger partial charge in [-0.2, -0.15) is 5.10 Å². The van der Waals surface area contributed by atoms with Crippen molar-refractivity contribution in [3.05, 3.63) is 41.5 Å². The lowest BCUT2D eigenvalue weighted by molar-refractivity contribution is 0.403. The van der Waals surface area contributed by atoms with E-state index in [1.54, 1.807) is 19.5 Å². The normalized spacial score (nSPS) is 12.4. The minimum atomic E-state index is -0.324. The Morgan fingerprint density at radius 1 is 1.40 bits per heavy atom. The maximum absolute atomic E-state index is 6.44. The summed E-state index contributed by atoms with van der Waals surface area (Å²) in [5.41, 5.74) is 9.39. The Kier molecular flexibility index (Phi) is 4.74. The topological polar surface area (TPSA) is 66.0 Å². The Hall–Kier alpha value is -1.88. The first-order chi connectivity index (χ1) is 9.72. The highest BCUT2D eigenvalue weighted by atomic mass is 16.5. The second-order valence-electron chi connectivity index (χ2n) is 4.70. The number of aromatic nitrogens is 3. The number of aryl methyl sites for hydroxylation is 2. The zero-order valence-electron chi connectivity index (χ0n) is 12.3. The first kappa shape index (κ1) is 14.5. The van der Waals surface area contributed by atoms with Gasteiger partial charge in [0.05, 0.1) is 25.0 Å². The van der Waals surface area contributed by atoms with Gasteiger partial charge in [-0.05, 0) is 24.5 Å². The van der Waals surface area contributed by atoms with Crippen molar-refractivity contribution in [2.45, 2.75) is 39.3 Å². The third kappa shape index (κ3) is 2.67. The van der Waals surface area contributed by atoms with Gasteiger partial charge < -0.3 is 10.5 Å². The third-order valence-corrected chi connectivity index (χ3v) is 3.40. The van der Waals surface area contributed by atoms with Gasteiger partial charge >= 0.3 is 0 Å². The van der Waals surface area contributed by atoms with Gasteiger partial charge in [0.15, 0.2) is 5.75 Å². The van der Waals surface area contributed by atoms with Crippen LogP contribution in [0, 0.1) is 0 Å². The summed E-state index contributed by atoms with van der Waals surface area (Å²) in [6.45, 7) is 5.04. The van der Waals surface area contributed by atoms with Crippen LogP contribution >= 0.6 is 0 Å². The molecule has 0 aliphatic carbocycles. The van der Waals surface area contributed by atoms with E-state index in [-0.39, 0.29) is 6.04 Å². The largest absolute Gasteiger partial charge is 0.493 e. The Morgan fingerprint density at radius 3 is 2.85 bits per heavy atom. The summed E-state index contributed by atoms with van der Waals surface area (Å²) in [5, 5.41) is 4.36. The van der Waals surface area contributed by atoms with Gasteiger partial charge in [0.1, 0.15) is 5.69 Å². The summed E-state index contributed by atoms with van der Waals surface area (Å²) in [6, 6.07) is 3.68. The molecule has 0 saturated heterocycles. The first-order valence-electron chi connectivity index (χ1n) is 7.01. The van der Waals surface area contributed by atoms with Crippen molar-refractivity contribution in [3.63, 3.8) is 0 Å². The summed E-state index contributed by atoms with van der Waals surface area (Å²) >= 11 is 0. The van der Waals surface area contributed by atoms with E-state index in [0.29, 0.717) is 0 Å². The van der Waals surface area contributed by atoms with Gasteiger partial charge in [-0.3, -0.25) is 9.67 Å². The highest BCUT2D eigenvalue weighted by molar-refractivity contribution is 5.36. The summed E-state index contributed by atoms with van der Waals surface area (Å²) in [6.07, 6.45) is 5.40. The number of hydrogen-bond donors (Lipinski definition) is 1. The molecule has 0 fully saturated rings. The average Bonchev–Trinajstić information content (AvgIpc) is 2.89. The summed E-state index contributed by atoms with van der Waals surface area (Å²) in [4.78, 5) is 4.46. The van der Waals surface area contributed by atoms with Gasteiger partial charge in [0.25, 0.3) is 0 Å². The summed E-state index contributed by atoms with van der Waals surface area (Å²) in [7, 11) is 1.64. The van der Waals surface area contributed by atoms with Gasteiger partial charge in [0.2, 0.25) is 0 Å². The summed E-state index contributed by atoms with van der Waals surface area (Å²) < 4.78 is 7.31. The van der Waals surface area contributed by atoms with E-state index in [1.807, 2.05) is 10.7 Å². The first-order valence-corrected chi connectivity index (χ1v) is 7.01. The van der Waals surface area contributed by atoms with Crippen molar-refractivity contribution in [3.8, 4) is 5.75 Å². The van der Waals surface area contributed by atoms with Crippen LogP contribution in [0.25, 0.3) is 0 Å². The second kappa shape index (κ2) is 6.52. The predicted octanol–water partition coefficient (Wildman–Crippen LogP) is 2.31. The van der Waals surface area contributed by atoms with E-state index >= 15 is 0 Å². The van der Waals surface area contributed by atoms with E-state index in [9.17, 15) is 0 Å². The fraction of sp³-hybridized carbons (Fsp3) is 0.467. The molecule has 0 aromatic carbocycles. The molecule has 0 saturated carbocycles. The van der Waals surface area contributed by atoms with Crippen LogP contribution in [0.15, 0.2) is 24.5 Å². The SMILES string of the molecule is CCCn1ncc(OC)c1C(N)c1ncccc1CC. The molecule has 2 heterocycles. The predicted molar refractivity (Wildman–Crippen MR) is 78.7 cm³/mol. The molecule has 2 aromatic heterocycles. The zero-order valence-corrected chi connectivity index (χ0v) is 12.3. The molecule has 20 heavy (non-hydrogen) atoms. The number of hydrogen-bond acceptors (Lipinski definition) is 4. The monoisotopic (exact) mass is 274 g/mol. The third-order valence-electron chi connectivity index (χ3n) is 3.40. The van der Waals surface area contributed by atoms with Crippen LogP contribution in [0.4, 0.5) is 0 Å². The molecule has 2 N–H and O–H groups in total. The van der Waals surface area contributed by atoms with Gasteiger partial charge in [-0.25, -0.2) is 0 Å². The smallest absolute Gasteiger partial charge is 0.161 e. The Morgan fingerprint density at radius 2 is 2.20 bits per heavy atom. The van der Waals surface area contributed by atoms with Crippen LogP contribution < -0.4 is 10.5 Å². The molecule has 5 nitrogen and oxygen atoms in total. The van der Waals surface area contributed by atoms with Crippen molar-refractivity contribution in [2.75, 3.05) is 7.11 Å². The minimum absolute atomic E-state index is 0.324. The molecule has 1 atom stereocenters. The molecular weight excluding hydrogens is 252 g/mol. The van der Waals surface area contributed by atoms with Crippen LogP contribution in [-0.2, 0) is 13.0 Å². The number of nitrogens with two attached hydrogens (primary N) is 1. The minimum Gasteiger partial charge on any atom is -0.493 e. The van der Waals surface area contributed by atoms with Crippen molar-refractivity contribution in [1.29, 1.82) is 0 Å². The molecule has 1 unspecified atom stereocenters. The molecule has 108 valence electrons. The van der Waals surface area contributed by atoms with E-state index in [2.05, 4.69) is 30.0 Å². The molecule has 2 aromatic rings. The molecule has 0 spiro atoms. The average molecular weight is 274 g/mol. The van der Waals surface area contributed by atoms with E-state index in [0.717, 1.165) is 42.1 Å². The molecule has 0 bridgehead atoms. The lowest BCUT2D eigenvalue weighted by Crippen LogP contribution is -2.21. The lowest BCUT2D eigenvalue weighted by atomic mass is 10.0. The highest BCUT2D eigenvalue weighted by Gasteiger charge is 2.22. The fourth-order valence-electron chi connectivity index (χ4n) is 2.40. The van der Waals surface area contributed by atoms with Crippen LogP contribution in [0.2, 0.25) is 0 Å². The molecule has 0 aliphatic heterocycles. The molecule has 2 rings (SSSR count). The zero-order chi connectivity index (χ0) is 14.5. The fourth-order valence-corrected chi connectivity index (χ4v) is 2.40. The van der Waals surface area contributed by atoms with Gasteiger partial charge in [-0.1, -0.05) is 19.9 Å². The van der Waals surface area contributed by atoms with E-state index < -0.39 is 0 Å². The Labute approximate surface area is 119 Å². The summed E-state index contributed by atoms with van der Waals surface area (Å²) in [5.74, 6) is 0.721. The lowest BCUT2D eigenvalue weighted by Gasteiger charge is -2.17. The number of pyridine rings is 1. The molecule has 0 aliphatic rings. The van der Waals surface area contributed by atoms with Gasteiger partial charge in [0, 0.05) is 12.7 Å². The number of nitrogens with zero attached hydrogens (tertiary/aromatic N) is 3. The highest BCUT2D eigenvalue weighted by Crippen LogP contribution is 2.29. The molecule has 0 amide bonds. The maximum Gasteiger partial charge on any atom is 0.161 e. The van der Waals surface area contributed by atoms with Gasteiger partial charge in [-0.15, -0.1) is 0 Å². The quantitative estimate of drug-likeness (QED) is 0.877. The van der Waals surface area contributed by atoms with E-state index in [4.69, 9.17) is 10.5 Å². The standard InChI is InChI=1S/C15H22N4O/c1-4-9-19-15(12(20-3)10-18-19)13(16)14-11(5-2)7-6-8-17-14/h6-8,10,13H,4-5,9,16H2,1-3H3. The molecule has 5 heteroatoms. The van der Waals surface area contributed by atoms with E-state index in [1.165, 1.54) is 0 Å². The van der Waals surface area contributed by atoms with Crippen LogP contribution in [0.3, 0.4) is 0 Å². The van der Waals surface area contributed by atoms with Crippen LogP contribution in [0.1, 0.15) is 43.3 Å². The molecular formula is C15H22N4O. The maximum atomic E-state index is 6.44. The second-order valence-corrected chi connectivity index (χ2v) is 4.70. The van der Waals surface area contributed by atoms with Crippen LogP contribution in [-0.4, -0.2) is 21.9 Å². The Bertz CT molecular complexity index is 565. The Balaban J connectivity index is 2.46. The van der Waals surface area contributed by atoms with Crippen molar-refractivity contribution in [2.24, 2.45) is 5.73 Å². The number of rotatable bonds is 6. The number of ether oxygens (including phenoxy) is 1. The van der Waals surface area contributed by atoms with Crippen molar-refractivity contribution < 1.29 is 4.74 Å². The van der Waals surface area contributed by atoms with Crippen molar-refractivity contribution >= 4 is 0 Å². The van der Waals surface area contributed by atoms with Crippen LogP contribution in [0.5, 0.6) is 5.75 Å². The molecule has 0 radical (unpaired) electrons. The number of methoxy groups -OCH3 is 1. The van der Waals surface area contributed by atoms with Crippen molar-refractivity contribution in [1.82, 2.24) is 14.8 Å².